The second-order valence-electron chi connectivity index (χ2n) is 10.1. The van der Waals surface area contributed by atoms with E-state index in [-0.39, 0.29) is 36.8 Å². The van der Waals surface area contributed by atoms with Crippen molar-refractivity contribution in [3.05, 3.63) is 89.5 Å². The van der Waals surface area contributed by atoms with Gasteiger partial charge >= 0.3 is 0 Å². The average molecular weight is 548 g/mol. The van der Waals surface area contributed by atoms with Crippen molar-refractivity contribution in [2.45, 2.75) is 42.5 Å². The Bertz CT molecular complexity index is 1480. The van der Waals surface area contributed by atoms with Crippen molar-refractivity contribution in [1.29, 1.82) is 0 Å². The third kappa shape index (κ3) is 5.49. The van der Waals surface area contributed by atoms with Crippen LogP contribution >= 0.6 is 11.8 Å². The standard InChI is InChI=1S/C29H29F2N6OS/c1-39-24-12-20(11-21(30)13-24)25-14-22(31)17-36(25)28-8-7-27-32-15-26(37(27)34-28)29(38)33-23-9-10-35(18-23)16-19-5-3-2-4-6-19/h2-3,5-8,11-13,15,22-23,25H,9-10,14,16-18H2,1H3,(H,33,38)/t22-,23-,25+/m0/s1. The molecule has 7 nitrogen and oxygen atoms in total. The van der Waals surface area contributed by atoms with E-state index in [0.29, 0.717) is 22.7 Å². The molecule has 0 unspecified atom stereocenters. The number of carbonyl (C=O) groups excluding carboxylic acids is 1. The van der Waals surface area contributed by atoms with Crippen molar-refractivity contribution in [2.24, 2.45) is 0 Å². The first-order valence-corrected chi connectivity index (χ1v) is 14.3. The number of nitrogens with zero attached hydrogens (tertiary/aromatic N) is 5. The lowest BCUT2D eigenvalue weighted by Crippen LogP contribution is -2.37. The summed E-state index contributed by atoms with van der Waals surface area (Å²) >= 11 is 1.45. The van der Waals surface area contributed by atoms with Crippen LogP contribution in [0, 0.1) is 11.9 Å². The SMILES string of the molecule is CSc1cc(F)cc([C@H]2C[C@H](F)CN2c2ccc3ncc(C(=O)N[C@H]4CCN(Cc5c[c]ccc5)C4)n3n2)c1. The number of likely N-dealkylation sites (tertiary alicyclic amines) is 1. The monoisotopic (exact) mass is 547 g/mol. The van der Waals surface area contributed by atoms with Crippen LogP contribution in [0.5, 0.6) is 0 Å². The number of anilines is 1. The lowest BCUT2D eigenvalue weighted by molar-refractivity contribution is 0.0930. The quantitative estimate of drug-likeness (QED) is 0.339. The van der Waals surface area contributed by atoms with Crippen LogP contribution in [0.3, 0.4) is 0 Å². The minimum atomic E-state index is -1.07. The van der Waals surface area contributed by atoms with Gasteiger partial charge < -0.3 is 10.2 Å². The fourth-order valence-electron chi connectivity index (χ4n) is 5.56. The highest BCUT2D eigenvalue weighted by molar-refractivity contribution is 7.98. The molecule has 201 valence electrons. The van der Waals surface area contributed by atoms with Crippen LogP contribution in [0.2, 0.25) is 0 Å². The molecule has 1 N–H and O–H groups in total. The summed E-state index contributed by atoms with van der Waals surface area (Å²) in [5.41, 5.74) is 2.76. The second kappa shape index (κ2) is 10.9. The van der Waals surface area contributed by atoms with E-state index in [0.717, 1.165) is 31.0 Å². The first kappa shape index (κ1) is 25.8. The normalized spacial score (nSPS) is 21.6. The Kier molecular flexibility index (Phi) is 7.22. The Morgan fingerprint density at radius 2 is 2.13 bits per heavy atom. The minimum Gasteiger partial charge on any atom is -0.347 e. The van der Waals surface area contributed by atoms with Gasteiger partial charge in [0, 0.05) is 37.0 Å². The average Bonchev–Trinajstić information content (AvgIpc) is 3.67. The molecule has 1 radical (unpaired) electrons. The highest BCUT2D eigenvalue weighted by Crippen LogP contribution is 2.38. The molecule has 2 aromatic heterocycles. The maximum atomic E-state index is 14.7. The fraction of sp³-hybridized carbons (Fsp3) is 0.345. The van der Waals surface area contributed by atoms with Gasteiger partial charge in [-0.1, -0.05) is 18.2 Å². The van der Waals surface area contributed by atoms with Crippen molar-refractivity contribution in [1.82, 2.24) is 24.8 Å². The van der Waals surface area contributed by atoms with Crippen molar-refractivity contribution >= 4 is 29.1 Å². The third-order valence-electron chi connectivity index (χ3n) is 7.42. The minimum absolute atomic E-state index is 0.0211. The zero-order chi connectivity index (χ0) is 26.9. The van der Waals surface area contributed by atoms with E-state index in [1.807, 2.05) is 35.4 Å². The van der Waals surface area contributed by atoms with E-state index in [1.165, 1.54) is 40.2 Å². The number of thioether (sulfide) groups is 1. The molecular formula is C29H29F2N6OS. The Balaban J connectivity index is 1.20. The van der Waals surface area contributed by atoms with Gasteiger partial charge in [0.2, 0.25) is 0 Å². The lowest BCUT2D eigenvalue weighted by atomic mass is 10.0. The number of imidazole rings is 1. The van der Waals surface area contributed by atoms with Crippen molar-refractivity contribution in [2.75, 3.05) is 30.8 Å². The van der Waals surface area contributed by atoms with E-state index in [9.17, 15) is 13.6 Å². The van der Waals surface area contributed by atoms with E-state index in [1.54, 1.807) is 12.1 Å². The van der Waals surface area contributed by atoms with E-state index >= 15 is 0 Å². The maximum absolute atomic E-state index is 14.7. The van der Waals surface area contributed by atoms with Crippen molar-refractivity contribution < 1.29 is 13.6 Å². The molecule has 3 atom stereocenters. The van der Waals surface area contributed by atoms with Crippen LogP contribution in [0.25, 0.3) is 5.65 Å². The molecule has 0 bridgehead atoms. The molecule has 4 heterocycles. The Hall–Kier alpha value is -3.50. The molecular weight excluding hydrogens is 518 g/mol. The van der Waals surface area contributed by atoms with Gasteiger partial charge in [-0.2, -0.15) is 0 Å². The summed E-state index contributed by atoms with van der Waals surface area (Å²) in [6.07, 6.45) is 3.43. The van der Waals surface area contributed by atoms with Crippen LogP contribution in [-0.2, 0) is 6.54 Å². The number of benzene rings is 2. The molecule has 2 fully saturated rings. The molecule has 10 heteroatoms. The smallest absolute Gasteiger partial charge is 0.271 e. The number of halogens is 2. The van der Waals surface area contributed by atoms with Gasteiger partial charge in [-0.3, -0.25) is 9.69 Å². The molecule has 0 aliphatic carbocycles. The van der Waals surface area contributed by atoms with Gasteiger partial charge in [-0.15, -0.1) is 16.9 Å². The highest BCUT2D eigenvalue weighted by Gasteiger charge is 2.35. The van der Waals surface area contributed by atoms with Crippen molar-refractivity contribution in [3.8, 4) is 0 Å². The Morgan fingerprint density at radius 3 is 2.95 bits per heavy atom. The first-order valence-electron chi connectivity index (χ1n) is 13.0. The first-order chi connectivity index (χ1) is 19.0. The molecule has 6 rings (SSSR count). The summed E-state index contributed by atoms with van der Waals surface area (Å²) in [6, 6.07) is 19.1. The Labute approximate surface area is 230 Å². The molecule has 2 saturated heterocycles. The summed E-state index contributed by atoms with van der Waals surface area (Å²) in [7, 11) is 0. The van der Waals surface area contributed by atoms with Gasteiger partial charge in [-0.05, 0) is 66.3 Å². The van der Waals surface area contributed by atoms with E-state index < -0.39 is 6.17 Å². The van der Waals surface area contributed by atoms with Gasteiger partial charge in [0.05, 0.1) is 18.8 Å². The summed E-state index contributed by atoms with van der Waals surface area (Å²) in [6.45, 7) is 2.62. The maximum Gasteiger partial charge on any atom is 0.271 e. The number of hydrogen-bond donors (Lipinski definition) is 1. The molecule has 4 aromatic rings. The number of nitrogens with one attached hydrogen (secondary N) is 1. The second-order valence-corrected chi connectivity index (χ2v) is 11.0. The topological polar surface area (TPSA) is 65.8 Å². The third-order valence-corrected chi connectivity index (χ3v) is 8.13. The van der Waals surface area contributed by atoms with Gasteiger partial charge in [0.25, 0.3) is 5.91 Å². The van der Waals surface area contributed by atoms with E-state index in [4.69, 9.17) is 5.10 Å². The molecule has 0 spiro atoms. The lowest BCUT2D eigenvalue weighted by Gasteiger charge is -2.26. The predicted octanol–water partition coefficient (Wildman–Crippen LogP) is 4.68. The predicted molar refractivity (Wildman–Crippen MR) is 147 cm³/mol. The van der Waals surface area contributed by atoms with Gasteiger partial charge in [0.15, 0.2) is 11.3 Å². The number of fused-ring (bicyclic) bond motifs is 1. The van der Waals surface area contributed by atoms with Gasteiger partial charge in [0.1, 0.15) is 17.8 Å². The van der Waals surface area contributed by atoms with Crippen LogP contribution in [0.15, 0.2) is 65.7 Å². The number of carbonyl (C=O) groups is 1. The van der Waals surface area contributed by atoms with Gasteiger partial charge in [-0.25, -0.2) is 18.3 Å². The molecule has 2 aliphatic rings. The zero-order valence-electron chi connectivity index (χ0n) is 21.6. The summed E-state index contributed by atoms with van der Waals surface area (Å²) < 4.78 is 30.5. The molecule has 1 amide bonds. The van der Waals surface area contributed by atoms with E-state index in [2.05, 4.69) is 27.3 Å². The summed E-state index contributed by atoms with van der Waals surface area (Å²) in [5, 5.41) is 7.83. The number of hydrogen-bond acceptors (Lipinski definition) is 6. The highest BCUT2D eigenvalue weighted by atomic mass is 32.2. The van der Waals surface area contributed by atoms with Crippen LogP contribution in [-0.4, -0.2) is 63.5 Å². The Morgan fingerprint density at radius 1 is 1.23 bits per heavy atom. The van der Waals surface area contributed by atoms with Crippen molar-refractivity contribution in [3.63, 3.8) is 0 Å². The number of alkyl halides is 1. The fourth-order valence-corrected chi connectivity index (χ4v) is 6.05. The molecule has 2 aliphatic heterocycles. The number of amides is 1. The van der Waals surface area contributed by atoms with Crippen LogP contribution < -0.4 is 10.2 Å². The largest absolute Gasteiger partial charge is 0.347 e. The summed E-state index contributed by atoms with van der Waals surface area (Å²) in [4.78, 5) is 22.6. The number of aromatic nitrogens is 3. The van der Waals surface area contributed by atoms with Crippen LogP contribution in [0.1, 0.15) is 40.5 Å². The molecule has 2 aromatic carbocycles. The zero-order valence-corrected chi connectivity index (χ0v) is 22.4. The number of rotatable bonds is 7. The molecule has 0 saturated carbocycles. The molecule has 39 heavy (non-hydrogen) atoms. The summed E-state index contributed by atoms with van der Waals surface area (Å²) in [5.74, 6) is -0.0758. The van der Waals surface area contributed by atoms with Crippen LogP contribution in [0.4, 0.5) is 14.6 Å².